The third kappa shape index (κ3) is 3.56. The topological polar surface area (TPSA) is 24.9 Å². The van der Waals surface area contributed by atoms with Gasteiger partial charge in [0, 0.05) is 17.3 Å². The van der Waals surface area contributed by atoms with Gasteiger partial charge in [0.25, 0.3) is 0 Å². The number of hydrogen-bond donors (Lipinski definition) is 1. The van der Waals surface area contributed by atoms with Gasteiger partial charge in [0.2, 0.25) is 0 Å². The van der Waals surface area contributed by atoms with Gasteiger partial charge in [0.15, 0.2) is 0 Å². The Morgan fingerprint density at radius 1 is 1.31 bits per heavy atom. The second-order valence-corrected chi connectivity index (χ2v) is 6.78. The number of rotatable bonds is 4. The molecule has 1 N–H and O–H groups in total. The summed E-state index contributed by atoms with van der Waals surface area (Å²) in [6, 6.07) is 0.553. The van der Waals surface area contributed by atoms with Crippen molar-refractivity contribution in [2.45, 2.75) is 53.5 Å². The van der Waals surface area contributed by atoms with Gasteiger partial charge in [-0.3, -0.25) is 0 Å². The lowest BCUT2D eigenvalue weighted by Gasteiger charge is -2.30. The zero-order chi connectivity index (χ0) is 12.3. The molecule has 0 bridgehead atoms. The molecule has 1 unspecified atom stereocenters. The summed E-state index contributed by atoms with van der Waals surface area (Å²) >= 11 is 1.84. The molecule has 0 saturated heterocycles. The van der Waals surface area contributed by atoms with Crippen LogP contribution in [0.4, 0.5) is 0 Å². The van der Waals surface area contributed by atoms with Crippen LogP contribution in [0.2, 0.25) is 0 Å². The van der Waals surface area contributed by atoms with Crippen molar-refractivity contribution >= 4 is 11.3 Å². The Hall–Kier alpha value is -0.410. The largest absolute Gasteiger partial charge is 0.316 e. The van der Waals surface area contributed by atoms with Crippen LogP contribution in [0.1, 0.15) is 42.8 Å². The second kappa shape index (κ2) is 5.28. The van der Waals surface area contributed by atoms with E-state index >= 15 is 0 Å². The summed E-state index contributed by atoms with van der Waals surface area (Å²) in [4.78, 5) is 5.94. The number of nitrogens with zero attached hydrogens (tertiary/aromatic N) is 1. The van der Waals surface area contributed by atoms with Crippen molar-refractivity contribution in [1.82, 2.24) is 10.3 Å². The standard InChI is InChI=1S/C13H24N2S/c1-9-10(2)16-12(15-9)8-7-11(14-6)13(3,4)5/h11,14H,7-8H2,1-6H3. The molecule has 0 aromatic carbocycles. The molecule has 1 heterocycles. The normalized spacial score (nSPS) is 14.1. The van der Waals surface area contributed by atoms with Crippen LogP contribution in [-0.4, -0.2) is 18.1 Å². The average Bonchev–Trinajstić information content (AvgIpc) is 2.45. The number of thiazole rings is 1. The lowest BCUT2D eigenvalue weighted by atomic mass is 9.84. The first-order valence-corrected chi connectivity index (χ1v) is 6.76. The van der Waals surface area contributed by atoms with Crippen molar-refractivity contribution in [1.29, 1.82) is 0 Å². The predicted molar refractivity (Wildman–Crippen MR) is 72.2 cm³/mol. The number of aromatic nitrogens is 1. The Bertz CT molecular complexity index is 317. The first-order chi connectivity index (χ1) is 7.34. The van der Waals surface area contributed by atoms with Gasteiger partial charge in [-0.2, -0.15) is 0 Å². The average molecular weight is 240 g/mol. The quantitative estimate of drug-likeness (QED) is 0.873. The van der Waals surface area contributed by atoms with Gasteiger partial charge in [0.1, 0.15) is 0 Å². The van der Waals surface area contributed by atoms with E-state index in [-0.39, 0.29) is 0 Å². The summed E-state index contributed by atoms with van der Waals surface area (Å²) in [5, 5.41) is 4.69. The Labute approximate surface area is 103 Å². The fourth-order valence-corrected chi connectivity index (χ4v) is 2.87. The van der Waals surface area contributed by atoms with E-state index in [2.05, 4.69) is 44.9 Å². The van der Waals surface area contributed by atoms with Gasteiger partial charge in [-0.1, -0.05) is 20.8 Å². The highest BCUT2D eigenvalue weighted by atomic mass is 32.1. The molecule has 0 saturated carbocycles. The maximum absolute atomic E-state index is 4.59. The molecular weight excluding hydrogens is 216 g/mol. The molecule has 0 radical (unpaired) electrons. The van der Waals surface area contributed by atoms with Gasteiger partial charge in [0.05, 0.1) is 10.7 Å². The summed E-state index contributed by atoms with van der Waals surface area (Å²) in [5.41, 5.74) is 1.51. The van der Waals surface area contributed by atoms with E-state index in [9.17, 15) is 0 Å². The number of hydrogen-bond acceptors (Lipinski definition) is 3. The minimum atomic E-state index is 0.316. The maximum Gasteiger partial charge on any atom is 0.0931 e. The van der Waals surface area contributed by atoms with Gasteiger partial charge >= 0.3 is 0 Å². The van der Waals surface area contributed by atoms with E-state index < -0.39 is 0 Å². The summed E-state index contributed by atoms with van der Waals surface area (Å²) in [6.07, 6.45) is 2.24. The molecule has 1 atom stereocenters. The van der Waals surface area contributed by atoms with E-state index in [1.165, 1.54) is 15.6 Å². The summed E-state index contributed by atoms with van der Waals surface area (Å²) < 4.78 is 0. The Balaban J connectivity index is 2.56. The highest BCUT2D eigenvalue weighted by Crippen LogP contribution is 2.24. The molecular formula is C13H24N2S. The molecule has 92 valence electrons. The van der Waals surface area contributed by atoms with Gasteiger partial charge in [-0.05, 0) is 32.7 Å². The van der Waals surface area contributed by atoms with Crippen LogP contribution >= 0.6 is 11.3 Å². The molecule has 0 aliphatic rings. The van der Waals surface area contributed by atoms with E-state index in [4.69, 9.17) is 0 Å². The minimum Gasteiger partial charge on any atom is -0.316 e. The highest BCUT2D eigenvalue weighted by molar-refractivity contribution is 7.11. The Morgan fingerprint density at radius 3 is 2.31 bits per heavy atom. The van der Waals surface area contributed by atoms with Gasteiger partial charge < -0.3 is 5.32 Å². The maximum atomic E-state index is 4.59. The molecule has 1 aromatic rings. The zero-order valence-electron chi connectivity index (χ0n) is 11.3. The molecule has 3 heteroatoms. The molecule has 2 nitrogen and oxygen atoms in total. The first-order valence-electron chi connectivity index (χ1n) is 5.94. The molecule has 0 aliphatic carbocycles. The Morgan fingerprint density at radius 2 is 1.94 bits per heavy atom. The number of nitrogens with one attached hydrogen (secondary N) is 1. The van der Waals surface area contributed by atoms with Gasteiger partial charge in [-0.15, -0.1) is 11.3 Å². The second-order valence-electron chi connectivity index (χ2n) is 5.50. The van der Waals surface area contributed by atoms with E-state index in [0.29, 0.717) is 11.5 Å². The molecule has 16 heavy (non-hydrogen) atoms. The molecule has 0 fully saturated rings. The minimum absolute atomic E-state index is 0.316. The lowest BCUT2D eigenvalue weighted by Crippen LogP contribution is -2.38. The lowest BCUT2D eigenvalue weighted by molar-refractivity contribution is 0.268. The van der Waals surface area contributed by atoms with Crippen molar-refractivity contribution < 1.29 is 0 Å². The molecule has 0 aliphatic heterocycles. The van der Waals surface area contributed by atoms with E-state index in [0.717, 1.165) is 12.8 Å². The van der Waals surface area contributed by atoms with E-state index in [1.54, 1.807) is 0 Å². The summed E-state index contributed by atoms with van der Waals surface area (Å²) in [6.45, 7) is 11.1. The number of aryl methyl sites for hydroxylation is 3. The zero-order valence-corrected chi connectivity index (χ0v) is 12.2. The highest BCUT2D eigenvalue weighted by Gasteiger charge is 2.22. The smallest absolute Gasteiger partial charge is 0.0931 e. The first kappa shape index (κ1) is 13.7. The van der Waals surface area contributed by atoms with Crippen molar-refractivity contribution in [3.05, 3.63) is 15.6 Å². The van der Waals surface area contributed by atoms with Crippen LogP contribution in [0.25, 0.3) is 0 Å². The van der Waals surface area contributed by atoms with Gasteiger partial charge in [-0.25, -0.2) is 4.98 Å². The van der Waals surface area contributed by atoms with Crippen LogP contribution < -0.4 is 5.32 Å². The monoisotopic (exact) mass is 240 g/mol. The Kier molecular flexibility index (Phi) is 4.51. The van der Waals surface area contributed by atoms with Crippen LogP contribution in [0, 0.1) is 19.3 Å². The van der Waals surface area contributed by atoms with Crippen LogP contribution in [0.15, 0.2) is 0 Å². The molecule has 0 spiro atoms. The molecule has 0 amide bonds. The third-order valence-corrected chi connectivity index (χ3v) is 4.25. The van der Waals surface area contributed by atoms with Crippen LogP contribution in [0.5, 0.6) is 0 Å². The third-order valence-electron chi connectivity index (χ3n) is 3.11. The van der Waals surface area contributed by atoms with E-state index in [1.807, 2.05) is 18.4 Å². The van der Waals surface area contributed by atoms with Crippen molar-refractivity contribution in [2.75, 3.05) is 7.05 Å². The SMILES string of the molecule is CNC(CCc1nc(C)c(C)s1)C(C)(C)C. The van der Waals surface area contributed by atoms with Crippen molar-refractivity contribution in [2.24, 2.45) is 5.41 Å². The summed E-state index contributed by atoms with van der Waals surface area (Å²) in [5.74, 6) is 0. The van der Waals surface area contributed by atoms with Crippen molar-refractivity contribution in [3.8, 4) is 0 Å². The molecule has 1 aromatic heterocycles. The summed E-state index contributed by atoms with van der Waals surface area (Å²) in [7, 11) is 2.05. The van der Waals surface area contributed by atoms with Crippen LogP contribution in [0.3, 0.4) is 0 Å². The fraction of sp³-hybridized carbons (Fsp3) is 0.769. The van der Waals surface area contributed by atoms with Crippen LogP contribution in [-0.2, 0) is 6.42 Å². The predicted octanol–water partition coefficient (Wildman–Crippen LogP) is 3.33. The van der Waals surface area contributed by atoms with Crippen molar-refractivity contribution in [3.63, 3.8) is 0 Å². The fourth-order valence-electron chi connectivity index (χ4n) is 1.92. The molecule has 1 rings (SSSR count).